The van der Waals surface area contributed by atoms with Crippen molar-refractivity contribution in [3.8, 4) is 0 Å². The first kappa shape index (κ1) is 16.8. The summed E-state index contributed by atoms with van der Waals surface area (Å²) >= 11 is 0. The zero-order valence-corrected chi connectivity index (χ0v) is 16.7. The standard InChI is InChI=1S/C10H30O2Si4/c1-9-13(2)12-16(7,8)10-14(3)11-15(4,5)6/h13-14H,9-10H2,1-8H3. The van der Waals surface area contributed by atoms with E-state index in [1.165, 1.54) is 11.7 Å². The average molecular weight is 295 g/mol. The zero-order valence-electron chi connectivity index (χ0n) is 12.4. The number of hydrogen-bond acceptors (Lipinski definition) is 2. The van der Waals surface area contributed by atoms with Crippen molar-refractivity contribution in [2.75, 3.05) is 0 Å². The molecule has 0 aliphatic heterocycles. The van der Waals surface area contributed by atoms with E-state index >= 15 is 0 Å². The number of hydrogen-bond donors (Lipinski definition) is 0. The van der Waals surface area contributed by atoms with Crippen molar-refractivity contribution < 1.29 is 8.23 Å². The Labute approximate surface area is 107 Å². The van der Waals surface area contributed by atoms with Crippen LogP contribution in [-0.2, 0) is 8.23 Å². The largest absolute Gasteiger partial charge is 0.458 e. The predicted molar refractivity (Wildman–Crippen MR) is 84.3 cm³/mol. The molecule has 0 heterocycles. The summed E-state index contributed by atoms with van der Waals surface area (Å²) in [5.41, 5.74) is 1.27. The first-order valence-corrected chi connectivity index (χ1v) is 17.8. The Morgan fingerprint density at radius 1 is 0.875 bits per heavy atom. The van der Waals surface area contributed by atoms with Gasteiger partial charge in [-0.25, -0.2) is 0 Å². The van der Waals surface area contributed by atoms with Gasteiger partial charge >= 0.3 is 0 Å². The summed E-state index contributed by atoms with van der Waals surface area (Å²) in [7, 11) is -4.64. The van der Waals surface area contributed by atoms with Crippen LogP contribution in [0.2, 0.25) is 57.5 Å². The van der Waals surface area contributed by atoms with Crippen LogP contribution < -0.4 is 0 Å². The predicted octanol–water partition coefficient (Wildman–Crippen LogP) is 3.33. The summed E-state index contributed by atoms with van der Waals surface area (Å²) in [4.78, 5) is 0. The fourth-order valence-electron chi connectivity index (χ4n) is 2.01. The molecule has 16 heavy (non-hydrogen) atoms. The van der Waals surface area contributed by atoms with Gasteiger partial charge in [-0.1, -0.05) is 6.92 Å². The summed E-state index contributed by atoms with van der Waals surface area (Å²) < 4.78 is 12.6. The van der Waals surface area contributed by atoms with E-state index in [9.17, 15) is 0 Å². The minimum Gasteiger partial charge on any atom is -0.458 e. The van der Waals surface area contributed by atoms with Crippen molar-refractivity contribution in [3.05, 3.63) is 0 Å². The third-order valence-electron chi connectivity index (χ3n) is 2.43. The lowest BCUT2D eigenvalue weighted by molar-refractivity contribution is 0.553. The molecular formula is C10H30O2Si4. The Kier molecular flexibility index (Phi) is 6.98. The molecule has 0 aromatic carbocycles. The van der Waals surface area contributed by atoms with Gasteiger partial charge in [-0.2, -0.15) is 0 Å². The average Bonchev–Trinajstić information content (AvgIpc) is 1.97. The lowest BCUT2D eigenvalue weighted by atomic mass is 11.0. The van der Waals surface area contributed by atoms with Gasteiger partial charge in [0.2, 0.25) is 0 Å². The highest BCUT2D eigenvalue weighted by Gasteiger charge is 2.30. The second kappa shape index (κ2) is 6.65. The van der Waals surface area contributed by atoms with Crippen LogP contribution in [0, 0.1) is 0 Å². The van der Waals surface area contributed by atoms with Crippen LogP contribution in [0.3, 0.4) is 0 Å². The topological polar surface area (TPSA) is 18.5 Å². The lowest BCUT2D eigenvalue weighted by Crippen LogP contribution is -2.43. The minimum absolute atomic E-state index is 0.879. The molecule has 0 amide bonds. The van der Waals surface area contributed by atoms with Crippen molar-refractivity contribution in [3.63, 3.8) is 0 Å². The molecule has 0 saturated heterocycles. The summed E-state index contributed by atoms with van der Waals surface area (Å²) in [5.74, 6) is 0. The molecule has 0 saturated carbocycles. The SMILES string of the molecule is CC[SiH](C)O[Si](C)(C)C[SiH](C)O[Si](C)(C)C. The molecule has 2 atom stereocenters. The fraction of sp³-hybridized carbons (Fsp3) is 1.00. The van der Waals surface area contributed by atoms with Crippen LogP contribution in [0.15, 0.2) is 0 Å². The van der Waals surface area contributed by atoms with Crippen LogP contribution in [-0.4, -0.2) is 34.7 Å². The third-order valence-corrected chi connectivity index (χ3v) is 18.4. The van der Waals surface area contributed by atoms with Crippen LogP contribution in [0.25, 0.3) is 0 Å². The Morgan fingerprint density at radius 2 is 1.38 bits per heavy atom. The Morgan fingerprint density at radius 3 is 1.75 bits per heavy atom. The van der Waals surface area contributed by atoms with Gasteiger partial charge in [-0.15, -0.1) is 0 Å². The van der Waals surface area contributed by atoms with Gasteiger partial charge in [0.25, 0.3) is 0 Å². The van der Waals surface area contributed by atoms with E-state index in [1.807, 2.05) is 0 Å². The normalized spacial score (nSPS) is 17.2. The molecular weight excluding hydrogens is 264 g/mol. The van der Waals surface area contributed by atoms with Gasteiger partial charge in [0, 0.05) is 0 Å². The van der Waals surface area contributed by atoms with Crippen molar-refractivity contribution in [1.82, 2.24) is 0 Å². The Balaban J connectivity index is 4.14. The highest BCUT2D eigenvalue weighted by atomic mass is 28.4. The molecule has 0 aliphatic rings. The summed E-state index contributed by atoms with van der Waals surface area (Å²) in [6.45, 7) is 18.5. The van der Waals surface area contributed by atoms with Crippen LogP contribution >= 0.6 is 0 Å². The van der Waals surface area contributed by atoms with Gasteiger partial charge in [0.15, 0.2) is 34.7 Å². The number of rotatable bonds is 7. The molecule has 0 spiro atoms. The smallest absolute Gasteiger partial charge is 0.172 e. The van der Waals surface area contributed by atoms with Gasteiger partial charge in [0.05, 0.1) is 0 Å². The third kappa shape index (κ3) is 8.88. The van der Waals surface area contributed by atoms with E-state index in [2.05, 4.69) is 52.8 Å². The first-order chi connectivity index (χ1) is 7.06. The summed E-state index contributed by atoms with van der Waals surface area (Å²) in [6.07, 6.45) is 0. The first-order valence-electron chi connectivity index (χ1n) is 6.41. The van der Waals surface area contributed by atoms with Crippen molar-refractivity contribution in [2.24, 2.45) is 0 Å². The molecule has 0 aromatic heterocycles. The van der Waals surface area contributed by atoms with Crippen LogP contribution in [0.4, 0.5) is 0 Å². The quantitative estimate of drug-likeness (QED) is 0.671. The van der Waals surface area contributed by atoms with E-state index in [4.69, 9.17) is 8.23 Å². The highest BCUT2D eigenvalue weighted by Crippen LogP contribution is 2.18. The van der Waals surface area contributed by atoms with E-state index in [0.717, 1.165) is 0 Å². The molecule has 98 valence electrons. The van der Waals surface area contributed by atoms with Crippen LogP contribution in [0.1, 0.15) is 6.92 Å². The van der Waals surface area contributed by atoms with Gasteiger partial charge < -0.3 is 8.23 Å². The summed E-state index contributed by atoms with van der Waals surface area (Å²) in [5, 5.41) is 0. The maximum absolute atomic E-state index is 6.32. The molecule has 0 N–H and O–H groups in total. The summed E-state index contributed by atoms with van der Waals surface area (Å²) in [6, 6.07) is 1.25. The van der Waals surface area contributed by atoms with Crippen molar-refractivity contribution in [2.45, 2.75) is 64.5 Å². The lowest BCUT2D eigenvalue weighted by Gasteiger charge is -2.31. The van der Waals surface area contributed by atoms with Crippen molar-refractivity contribution in [1.29, 1.82) is 0 Å². The molecule has 6 heteroatoms. The fourth-order valence-corrected chi connectivity index (χ4v) is 19.7. The Bertz CT molecular complexity index is 203. The molecule has 0 fully saturated rings. The van der Waals surface area contributed by atoms with Gasteiger partial charge in [-0.3, -0.25) is 0 Å². The molecule has 2 nitrogen and oxygen atoms in total. The minimum atomic E-state index is -1.43. The van der Waals surface area contributed by atoms with E-state index < -0.39 is 34.7 Å². The van der Waals surface area contributed by atoms with Gasteiger partial charge in [0.1, 0.15) is 0 Å². The Hall–Kier alpha value is 0.788. The molecule has 2 unspecified atom stereocenters. The second-order valence-corrected chi connectivity index (χ2v) is 21.7. The molecule has 0 bridgehead atoms. The van der Waals surface area contributed by atoms with Crippen molar-refractivity contribution >= 4 is 34.7 Å². The maximum atomic E-state index is 6.32. The molecule has 0 radical (unpaired) electrons. The van der Waals surface area contributed by atoms with E-state index in [-0.39, 0.29) is 0 Å². The highest BCUT2D eigenvalue weighted by molar-refractivity contribution is 6.88. The van der Waals surface area contributed by atoms with Gasteiger partial charge in [-0.05, 0) is 57.5 Å². The van der Waals surface area contributed by atoms with E-state index in [1.54, 1.807) is 0 Å². The monoisotopic (exact) mass is 294 g/mol. The van der Waals surface area contributed by atoms with E-state index in [0.29, 0.717) is 0 Å². The second-order valence-electron chi connectivity index (χ2n) is 6.34. The maximum Gasteiger partial charge on any atom is 0.172 e. The zero-order chi connectivity index (χ0) is 13.0. The molecule has 0 aromatic rings. The molecule has 0 aliphatic carbocycles. The molecule has 0 rings (SSSR count). The van der Waals surface area contributed by atoms with Crippen LogP contribution in [0.5, 0.6) is 0 Å².